The molecule has 0 fully saturated rings. The summed E-state index contributed by atoms with van der Waals surface area (Å²) in [7, 11) is -3.21. The molecule has 0 aliphatic rings. The van der Waals surface area contributed by atoms with Crippen LogP contribution in [-0.2, 0) is 16.4 Å². The van der Waals surface area contributed by atoms with E-state index in [0.717, 1.165) is 5.56 Å². The van der Waals surface area contributed by atoms with Crippen molar-refractivity contribution < 1.29 is 17.5 Å². The third kappa shape index (κ3) is 6.84. The fraction of sp³-hybridized carbons (Fsp3) is 0.350. The fourth-order valence-corrected chi connectivity index (χ4v) is 3.02. The quantitative estimate of drug-likeness (QED) is 0.520. The first-order valence-corrected chi connectivity index (χ1v) is 10.9. The van der Waals surface area contributed by atoms with Crippen LogP contribution in [0.4, 0.5) is 4.39 Å². The summed E-state index contributed by atoms with van der Waals surface area (Å²) >= 11 is 0. The molecule has 152 valence electrons. The maximum atomic E-state index is 13.7. The summed E-state index contributed by atoms with van der Waals surface area (Å²) in [5.41, 5.74) is 0.889. The number of para-hydroxylation sites is 1. The zero-order chi connectivity index (χ0) is 20.6. The van der Waals surface area contributed by atoms with Gasteiger partial charge >= 0.3 is 0 Å². The molecule has 28 heavy (non-hydrogen) atoms. The van der Waals surface area contributed by atoms with Gasteiger partial charge in [-0.25, -0.2) is 17.8 Å². The van der Waals surface area contributed by atoms with Gasteiger partial charge in [0.15, 0.2) is 27.4 Å². The van der Waals surface area contributed by atoms with Gasteiger partial charge in [-0.3, -0.25) is 0 Å². The molecule has 1 unspecified atom stereocenters. The van der Waals surface area contributed by atoms with Crippen molar-refractivity contribution in [2.75, 3.05) is 19.3 Å². The van der Waals surface area contributed by atoms with Crippen LogP contribution in [-0.4, -0.2) is 39.8 Å². The molecule has 0 bridgehead atoms. The van der Waals surface area contributed by atoms with Gasteiger partial charge in [-0.15, -0.1) is 0 Å². The number of sulfone groups is 1. The number of nitrogens with one attached hydrogen (secondary N) is 2. The monoisotopic (exact) mass is 407 g/mol. The number of ether oxygens (including phenoxy) is 1. The van der Waals surface area contributed by atoms with Gasteiger partial charge in [0.1, 0.15) is 6.10 Å². The molecule has 0 aliphatic heterocycles. The van der Waals surface area contributed by atoms with E-state index < -0.39 is 15.7 Å². The Morgan fingerprint density at radius 1 is 1.14 bits per heavy atom. The molecule has 0 heterocycles. The van der Waals surface area contributed by atoms with Gasteiger partial charge in [0.05, 0.1) is 18.0 Å². The Labute approximate surface area is 165 Å². The van der Waals surface area contributed by atoms with Crippen molar-refractivity contribution >= 4 is 15.8 Å². The first-order valence-electron chi connectivity index (χ1n) is 9.02. The highest BCUT2D eigenvalue weighted by Gasteiger charge is 2.09. The highest BCUT2D eigenvalue weighted by atomic mass is 32.2. The SMILES string of the molecule is CCNC(=NCc1ccc(S(C)(=O)=O)cc1)NCC(C)Oc1ccccc1F. The van der Waals surface area contributed by atoms with Crippen LogP contribution in [0.3, 0.4) is 0 Å². The Balaban J connectivity index is 1.93. The average molecular weight is 408 g/mol. The van der Waals surface area contributed by atoms with Crippen molar-refractivity contribution in [1.82, 2.24) is 10.6 Å². The number of rotatable bonds is 8. The Bertz CT molecular complexity index is 899. The van der Waals surface area contributed by atoms with Crippen molar-refractivity contribution in [2.24, 2.45) is 4.99 Å². The van der Waals surface area contributed by atoms with E-state index in [1.165, 1.54) is 12.3 Å². The van der Waals surface area contributed by atoms with E-state index in [0.29, 0.717) is 25.6 Å². The molecule has 1 atom stereocenters. The van der Waals surface area contributed by atoms with Crippen molar-refractivity contribution in [3.05, 3.63) is 59.9 Å². The fourth-order valence-electron chi connectivity index (χ4n) is 2.39. The van der Waals surface area contributed by atoms with Crippen LogP contribution in [0.25, 0.3) is 0 Å². The molecule has 0 aromatic heterocycles. The summed E-state index contributed by atoms with van der Waals surface area (Å²) < 4.78 is 42.3. The predicted octanol–water partition coefficient (Wildman–Crippen LogP) is 2.75. The molecule has 0 saturated carbocycles. The summed E-state index contributed by atoms with van der Waals surface area (Å²) in [6, 6.07) is 12.9. The number of benzene rings is 2. The van der Waals surface area contributed by atoms with Crippen LogP contribution in [0.2, 0.25) is 0 Å². The van der Waals surface area contributed by atoms with Crippen LogP contribution >= 0.6 is 0 Å². The zero-order valence-electron chi connectivity index (χ0n) is 16.3. The number of aliphatic imine (C=N–C) groups is 1. The first kappa shape index (κ1) is 21.7. The maximum Gasteiger partial charge on any atom is 0.191 e. The number of guanidine groups is 1. The van der Waals surface area contributed by atoms with Crippen LogP contribution in [0.1, 0.15) is 19.4 Å². The number of hydrogen-bond acceptors (Lipinski definition) is 4. The highest BCUT2D eigenvalue weighted by molar-refractivity contribution is 7.90. The first-order chi connectivity index (χ1) is 13.3. The second-order valence-corrected chi connectivity index (χ2v) is 8.37. The third-order valence-corrected chi connectivity index (χ3v) is 4.97. The normalized spacial score (nSPS) is 13.1. The molecule has 0 amide bonds. The van der Waals surface area contributed by atoms with E-state index in [9.17, 15) is 12.8 Å². The van der Waals surface area contributed by atoms with E-state index >= 15 is 0 Å². The van der Waals surface area contributed by atoms with Gasteiger partial charge in [-0.1, -0.05) is 24.3 Å². The number of halogens is 1. The maximum absolute atomic E-state index is 13.7. The van der Waals surface area contributed by atoms with E-state index in [1.54, 1.807) is 42.5 Å². The summed E-state index contributed by atoms with van der Waals surface area (Å²) in [5.74, 6) is 0.413. The highest BCUT2D eigenvalue weighted by Crippen LogP contribution is 2.16. The van der Waals surface area contributed by atoms with Crippen LogP contribution in [0.5, 0.6) is 5.75 Å². The predicted molar refractivity (Wildman–Crippen MR) is 109 cm³/mol. The Hall–Kier alpha value is -2.61. The van der Waals surface area contributed by atoms with E-state index in [2.05, 4.69) is 15.6 Å². The molecular weight excluding hydrogens is 381 g/mol. The molecule has 8 heteroatoms. The lowest BCUT2D eigenvalue weighted by atomic mass is 10.2. The minimum absolute atomic E-state index is 0.213. The molecule has 0 saturated heterocycles. The Kier molecular flexibility index (Phi) is 7.80. The van der Waals surface area contributed by atoms with Gasteiger partial charge in [0.2, 0.25) is 0 Å². The van der Waals surface area contributed by atoms with E-state index in [4.69, 9.17) is 4.74 Å². The molecule has 0 radical (unpaired) electrons. The molecule has 2 aromatic rings. The minimum atomic E-state index is -3.21. The topological polar surface area (TPSA) is 79.8 Å². The van der Waals surface area contributed by atoms with Crippen molar-refractivity contribution in [2.45, 2.75) is 31.4 Å². The molecular formula is C20H26FN3O3S. The van der Waals surface area contributed by atoms with E-state index in [1.807, 2.05) is 13.8 Å². The number of hydrogen-bond donors (Lipinski definition) is 2. The van der Waals surface area contributed by atoms with Crippen molar-refractivity contribution in [3.8, 4) is 5.75 Å². The molecule has 0 aliphatic carbocycles. The molecule has 0 spiro atoms. The van der Waals surface area contributed by atoms with Crippen LogP contribution < -0.4 is 15.4 Å². The third-order valence-electron chi connectivity index (χ3n) is 3.84. The van der Waals surface area contributed by atoms with Gasteiger partial charge in [-0.2, -0.15) is 0 Å². The van der Waals surface area contributed by atoms with Gasteiger partial charge in [0, 0.05) is 12.8 Å². The minimum Gasteiger partial charge on any atom is -0.486 e. The Morgan fingerprint density at radius 3 is 2.43 bits per heavy atom. The van der Waals surface area contributed by atoms with Gasteiger partial charge < -0.3 is 15.4 Å². The Morgan fingerprint density at radius 2 is 1.82 bits per heavy atom. The van der Waals surface area contributed by atoms with E-state index in [-0.39, 0.29) is 16.7 Å². The average Bonchev–Trinajstić information content (AvgIpc) is 2.65. The summed E-state index contributed by atoms with van der Waals surface area (Å²) in [6.45, 7) is 5.31. The lowest BCUT2D eigenvalue weighted by Gasteiger charge is -2.18. The standard InChI is InChI=1S/C20H26FN3O3S/c1-4-22-20(23-13-15(2)27-19-8-6-5-7-18(19)21)24-14-16-9-11-17(12-10-16)28(3,25)26/h5-12,15H,4,13-14H2,1-3H3,(H2,22,23,24). The van der Waals surface area contributed by atoms with Crippen molar-refractivity contribution in [1.29, 1.82) is 0 Å². The summed E-state index contributed by atoms with van der Waals surface area (Å²) in [6.07, 6.45) is 0.910. The summed E-state index contributed by atoms with van der Waals surface area (Å²) in [4.78, 5) is 4.77. The second-order valence-electron chi connectivity index (χ2n) is 6.35. The largest absolute Gasteiger partial charge is 0.486 e. The zero-order valence-corrected chi connectivity index (χ0v) is 17.1. The lowest BCUT2D eigenvalue weighted by molar-refractivity contribution is 0.214. The lowest BCUT2D eigenvalue weighted by Crippen LogP contribution is -2.41. The van der Waals surface area contributed by atoms with Crippen LogP contribution in [0, 0.1) is 5.82 Å². The molecule has 2 N–H and O–H groups in total. The van der Waals surface area contributed by atoms with Gasteiger partial charge in [0.25, 0.3) is 0 Å². The smallest absolute Gasteiger partial charge is 0.191 e. The second kappa shape index (κ2) is 10.1. The molecule has 2 aromatic carbocycles. The van der Waals surface area contributed by atoms with Crippen molar-refractivity contribution in [3.63, 3.8) is 0 Å². The van der Waals surface area contributed by atoms with Gasteiger partial charge in [-0.05, 0) is 43.7 Å². The molecule has 6 nitrogen and oxygen atoms in total. The number of nitrogens with zero attached hydrogens (tertiary/aromatic N) is 1. The van der Waals surface area contributed by atoms with Crippen LogP contribution in [0.15, 0.2) is 58.4 Å². The summed E-state index contributed by atoms with van der Waals surface area (Å²) in [5, 5.41) is 6.29. The molecule has 2 rings (SSSR count).